The van der Waals surface area contributed by atoms with Crippen LogP contribution in [-0.2, 0) is 0 Å². The Labute approximate surface area is 133 Å². The molecule has 0 saturated carbocycles. The third-order valence-corrected chi connectivity index (χ3v) is 3.87. The number of nitrogens with one attached hydrogen (secondary N) is 1. The average Bonchev–Trinajstić information content (AvgIpc) is 2.46. The van der Waals surface area contributed by atoms with Crippen LogP contribution < -0.4 is 10.2 Å². The summed E-state index contributed by atoms with van der Waals surface area (Å²) >= 11 is 6.47. The fraction of sp³-hybridized carbons (Fsp3) is 0.588. The molecule has 0 spiro atoms. The first-order chi connectivity index (χ1) is 10.0. The van der Waals surface area contributed by atoms with Gasteiger partial charge in [-0.2, -0.15) is 5.26 Å². The van der Waals surface area contributed by atoms with Gasteiger partial charge in [-0.3, -0.25) is 0 Å². The SMILES string of the molecule is CCCNC(C)c1ccc(N(CCC#N)C(C)C)c(Cl)c1. The van der Waals surface area contributed by atoms with Gasteiger partial charge in [-0.15, -0.1) is 0 Å². The van der Waals surface area contributed by atoms with Crippen molar-refractivity contribution in [2.75, 3.05) is 18.0 Å². The van der Waals surface area contributed by atoms with E-state index >= 15 is 0 Å². The highest BCUT2D eigenvalue weighted by atomic mass is 35.5. The lowest BCUT2D eigenvalue weighted by Gasteiger charge is -2.29. The normalized spacial score (nSPS) is 12.2. The summed E-state index contributed by atoms with van der Waals surface area (Å²) in [6, 6.07) is 9.04. The molecule has 1 rings (SSSR count). The summed E-state index contributed by atoms with van der Waals surface area (Å²) in [5.41, 5.74) is 2.20. The second-order valence-corrected chi connectivity index (χ2v) is 5.99. The predicted molar refractivity (Wildman–Crippen MR) is 90.9 cm³/mol. The molecule has 0 aliphatic rings. The van der Waals surface area contributed by atoms with Gasteiger partial charge < -0.3 is 10.2 Å². The van der Waals surface area contributed by atoms with Crippen LogP contribution in [-0.4, -0.2) is 19.1 Å². The first kappa shape index (κ1) is 17.8. The lowest BCUT2D eigenvalue weighted by molar-refractivity contribution is 0.570. The second-order valence-electron chi connectivity index (χ2n) is 5.58. The van der Waals surface area contributed by atoms with Crippen molar-refractivity contribution in [2.24, 2.45) is 0 Å². The predicted octanol–water partition coefficient (Wildman–Crippen LogP) is 4.53. The number of nitrogens with zero attached hydrogens (tertiary/aromatic N) is 2. The Kier molecular flexibility index (Phi) is 7.56. The van der Waals surface area contributed by atoms with E-state index in [1.54, 1.807) is 0 Å². The largest absolute Gasteiger partial charge is 0.367 e. The van der Waals surface area contributed by atoms with Gasteiger partial charge in [0.25, 0.3) is 0 Å². The molecule has 1 aromatic carbocycles. The lowest BCUT2D eigenvalue weighted by atomic mass is 10.1. The van der Waals surface area contributed by atoms with E-state index in [0.717, 1.165) is 23.7 Å². The van der Waals surface area contributed by atoms with Gasteiger partial charge in [0.1, 0.15) is 0 Å². The Morgan fingerprint density at radius 1 is 1.33 bits per heavy atom. The molecule has 1 aromatic rings. The van der Waals surface area contributed by atoms with Crippen LogP contribution in [0.5, 0.6) is 0 Å². The minimum absolute atomic E-state index is 0.295. The average molecular weight is 308 g/mol. The topological polar surface area (TPSA) is 39.1 Å². The number of hydrogen-bond acceptors (Lipinski definition) is 3. The minimum Gasteiger partial charge on any atom is -0.367 e. The van der Waals surface area contributed by atoms with E-state index in [1.165, 1.54) is 5.56 Å². The van der Waals surface area contributed by atoms with Crippen molar-refractivity contribution < 1.29 is 0 Å². The van der Waals surface area contributed by atoms with Crippen molar-refractivity contribution in [3.8, 4) is 6.07 Å². The van der Waals surface area contributed by atoms with Crippen molar-refractivity contribution in [1.29, 1.82) is 5.26 Å². The fourth-order valence-corrected chi connectivity index (χ4v) is 2.63. The number of benzene rings is 1. The molecule has 1 atom stereocenters. The summed E-state index contributed by atoms with van der Waals surface area (Å²) in [7, 11) is 0. The highest BCUT2D eigenvalue weighted by molar-refractivity contribution is 6.33. The summed E-state index contributed by atoms with van der Waals surface area (Å²) in [4.78, 5) is 2.18. The number of nitriles is 1. The third-order valence-electron chi connectivity index (χ3n) is 3.57. The Bertz CT molecular complexity index is 479. The highest BCUT2D eigenvalue weighted by Crippen LogP contribution is 2.30. The standard InChI is InChI=1S/C17H26ClN3/c1-5-10-20-14(4)15-7-8-17(16(18)12-15)21(13(2)3)11-6-9-19/h7-8,12-14,20H,5-6,10-11H2,1-4H3. The van der Waals surface area contributed by atoms with Crippen LogP contribution in [0.2, 0.25) is 5.02 Å². The molecule has 3 nitrogen and oxygen atoms in total. The quantitative estimate of drug-likeness (QED) is 0.767. The maximum atomic E-state index is 8.79. The lowest BCUT2D eigenvalue weighted by Crippen LogP contribution is -2.31. The number of halogens is 1. The molecular weight excluding hydrogens is 282 g/mol. The maximum Gasteiger partial charge on any atom is 0.0643 e. The fourth-order valence-electron chi connectivity index (χ4n) is 2.33. The molecule has 0 bridgehead atoms. The number of anilines is 1. The van der Waals surface area contributed by atoms with Crippen LogP contribution in [0.4, 0.5) is 5.69 Å². The monoisotopic (exact) mass is 307 g/mol. The first-order valence-corrected chi connectivity index (χ1v) is 8.05. The number of rotatable bonds is 8. The zero-order chi connectivity index (χ0) is 15.8. The van der Waals surface area contributed by atoms with Gasteiger partial charge >= 0.3 is 0 Å². The van der Waals surface area contributed by atoms with Crippen LogP contribution in [0, 0.1) is 11.3 Å². The second kappa shape index (κ2) is 8.92. The highest BCUT2D eigenvalue weighted by Gasteiger charge is 2.15. The van der Waals surface area contributed by atoms with Crippen molar-refractivity contribution in [3.63, 3.8) is 0 Å². The molecule has 0 amide bonds. The molecule has 1 N–H and O–H groups in total. The zero-order valence-electron chi connectivity index (χ0n) is 13.5. The van der Waals surface area contributed by atoms with Crippen molar-refractivity contribution >= 4 is 17.3 Å². The van der Waals surface area contributed by atoms with Crippen molar-refractivity contribution in [2.45, 2.75) is 52.6 Å². The van der Waals surface area contributed by atoms with Gasteiger partial charge in [-0.05, 0) is 51.4 Å². The molecule has 1 unspecified atom stereocenters. The van der Waals surface area contributed by atoms with E-state index in [0.29, 0.717) is 25.0 Å². The summed E-state index contributed by atoms with van der Waals surface area (Å²) in [5.74, 6) is 0. The number of hydrogen-bond donors (Lipinski definition) is 1. The maximum absolute atomic E-state index is 8.79. The van der Waals surface area contributed by atoms with Crippen molar-refractivity contribution in [1.82, 2.24) is 5.32 Å². The van der Waals surface area contributed by atoms with E-state index in [2.05, 4.69) is 56.1 Å². The molecule has 0 radical (unpaired) electrons. The van der Waals surface area contributed by atoms with E-state index < -0.39 is 0 Å². The zero-order valence-corrected chi connectivity index (χ0v) is 14.2. The van der Waals surface area contributed by atoms with Crippen molar-refractivity contribution in [3.05, 3.63) is 28.8 Å². The van der Waals surface area contributed by atoms with Crippen LogP contribution in [0.15, 0.2) is 18.2 Å². The Hall–Kier alpha value is -1.24. The third kappa shape index (κ3) is 5.22. The van der Waals surface area contributed by atoms with Crippen LogP contribution in [0.3, 0.4) is 0 Å². The van der Waals surface area contributed by atoms with Crippen LogP contribution in [0.25, 0.3) is 0 Å². The molecule has 0 aliphatic heterocycles. The molecule has 4 heteroatoms. The molecular formula is C17H26ClN3. The summed E-state index contributed by atoms with van der Waals surface area (Å²) in [5, 5.41) is 13.0. The van der Waals surface area contributed by atoms with Gasteiger partial charge in [-0.1, -0.05) is 24.6 Å². The Balaban J connectivity index is 2.92. The smallest absolute Gasteiger partial charge is 0.0643 e. The Morgan fingerprint density at radius 3 is 2.57 bits per heavy atom. The van der Waals surface area contributed by atoms with Gasteiger partial charge in [0.05, 0.1) is 23.2 Å². The molecule has 0 aromatic heterocycles. The van der Waals surface area contributed by atoms with E-state index in [4.69, 9.17) is 16.9 Å². The van der Waals surface area contributed by atoms with E-state index in [1.807, 2.05) is 6.07 Å². The van der Waals surface area contributed by atoms with Crippen LogP contribution in [0.1, 0.15) is 52.1 Å². The molecule has 0 saturated heterocycles. The van der Waals surface area contributed by atoms with Gasteiger partial charge in [0.15, 0.2) is 0 Å². The van der Waals surface area contributed by atoms with E-state index in [-0.39, 0.29) is 0 Å². The molecule has 0 heterocycles. The van der Waals surface area contributed by atoms with Gasteiger partial charge in [0, 0.05) is 18.6 Å². The molecule has 21 heavy (non-hydrogen) atoms. The minimum atomic E-state index is 0.295. The van der Waals surface area contributed by atoms with Crippen LogP contribution >= 0.6 is 11.6 Å². The van der Waals surface area contributed by atoms with Gasteiger partial charge in [0.2, 0.25) is 0 Å². The summed E-state index contributed by atoms with van der Waals surface area (Å²) < 4.78 is 0. The first-order valence-electron chi connectivity index (χ1n) is 7.67. The summed E-state index contributed by atoms with van der Waals surface area (Å²) in [6.07, 6.45) is 1.62. The molecule has 0 fully saturated rings. The Morgan fingerprint density at radius 2 is 2.05 bits per heavy atom. The summed E-state index contributed by atoms with van der Waals surface area (Å²) in [6.45, 7) is 10.3. The van der Waals surface area contributed by atoms with Gasteiger partial charge in [-0.25, -0.2) is 0 Å². The van der Waals surface area contributed by atoms with E-state index in [9.17, 15) is 0 Å². The molecule has 116 valence electrons. The molecule has 0 aliphatic carbocycles.